The summed E-state index contributed by atoms with van der Waals surface area (Å²) in [6.07, 6.45) is 1.07. The van der Waals surface area contributed by atoms with E-state index in [0.717, 1.165) is 0 Å². The number of halogens is 1. The lowest BCUT2D eigenvalue weighted by atomic mass is 10.1. The summed E-state index contributed by atoms with van der Waals surface area (Å²) in [5.74, 6) is -0.800. The zero-order valence-corrected chi connectivity index (χ0v) is 13.6. The Morgan fingerprint density at radius 1 is 1.45 bits per heavy atom. The molecule has 1 N–H and O–H groups in total. The fraction of sp³-hybridized carbons (Fsp3) is 0.533. The lowest BCUT2D eigenvalue weighted by Gasteiger charge is -2.16. The van der Waals surface area contributed by atoms with Crippen molar-refractivity contribution in [3.63, 3.8) is 0 Å². The molecule has 0 aromatic heterocycles. The molecule has 22 heavy (non-hydrogen) atoms. The van der Waals surface area contributed by atoms with Crippen LogP contribution >= 0.6 is 0 Å². The topological polar surface area (TPSA) is 66.5 Å². The Kier molecular flexibility index (Phi) is 5.18. The van der Waals surface area contributed by atoms with E-state index >= 15 is 0 Å². The Hall–Kier alpha value is -1.47. The van der Waals surface area contributed by atoms with Crippen molar-refractivity contribution in [3.05, 3.63) is 29.6 Å². The fourth-order valence-corrected chi connectivity index (χ4v) is 4.11. The van der Waals surface area contributed by atoms with Crippen molar-refractivity contribution in [3.8, 4) is 0 Å². The summed E-state index contributed by atoms with van der Waals surface area (Å²) in [5.41, 5.74) is 0.982. The van der Waals surface area contributed by atoms with Crippen LogP contribution in [-0.2, 0) is 14.8 Å². The van der Waals surface area contributed by atoms with Gasteiger partial charge in [0.25, 0.3) is 0 Å². The third-order valence-corrected chi connectivity index (χ3v) is 5.85. The van der Waals surface area contributed by atoms with Crippen LogP contribution in [0.25, 0.3) is 0 Å². The van der Waals surface area contributed by atoms with Crippen LogP contribution in [0.3, 0.4) is 0 Å². The summed E-state index contributed by atoms with van der Waals surface area (Å²) >= 11 is 0. The predicted molar refractivity (Wildman–Crippen MR) is 83.5 cm³/mol. The molecule has 1 unspecified atom stereocenters. The maximum Gasteiger partial charge on any atom is 0.228 e. The highest BCUT2D eigenvalue weighted by Crippen LogP contribution is 2.22. The molecule has 1 aliphatic rings. The molecule has 1 saturated heterocycles. The van der Waals surface area contributed by atoms with Gasteiger partial charge in [0.2, 0.25) is 15.9 Å². The number of benzene rings is 1. The summed E-state index contributed by atoms with van der Waals surface area (Å²) in [7, 11) is -3.26. The number of carbonyl (C=O) groups excluding carboxylic acids is 1. The highest BCUT2D eigenvalue weighted by Gasteiger charge is 2.34. The van der Waals surface area contributed by atoms with Gasteiger partial charge in [0.1, 0.15) is 5.82 Å². The minimum absolute atomic E-state index is 0.110. The molecule has 5 nitrogen and oxygen atoms in total. The Bertz CT molecular complexity index is 661. The van der Waals surface area contributed by atoms with Crippen molar-refractivity contribution in [1.82, 2.24) is 4.31 Å². The third-order valence-electron chi connectivity index (χ3n) is 3.80. The lowest BCUT2D eigenvalue weighted by Crippen LogP contribution is -2.33. The number of carbonyl (C=O) groups is 1. The molecule has 1 aromatic rings. The predicted octanol–water partition coefficient (Wildman–Crippen LogP) is 2.13. The Labute approximate surface area is 130 Å². The molecule has 2 rings (SSSR count). The van der Waals surface area contributed by atoms with E-state index in [-0.39, 0.29) is 29.9 Å². The molecule has 1 aromatic carbocycles. The zero-order valence-electron chi connectivity index (χ0n) is 12.8. The standard InChI is InChI=1S/C15H21FN2O3S/c1-3-8-22(20,21)18-7-6-12(10-18)15(19)17-13-4-5-14(16)11(2)9-13/h4-5,9,12H,3,6-8,10H2,1-2H3,(H,17,19). The van der Waals surface area contributed by atoms with E-state index in [1.165, 1.54) is 16.4 Å². The van der Waals surface area contributed by atoms with E-state index < -0.39 is 10.0 Å². The van der Waals surface area contributed by atoms with Crippen molar-refractivity contribution in [2.45, 2.75) is 26.7 Å². The third kappa shape index (κ3) is 3.84. The van der Waals surface area contributed by atoms with Gasteiger partial charge in [0.15, 0.2) is 0 Å². The molecular weight excluding hydrogens is 307 g/mol. The molecule has 0 saturated carbocycles. The number of rotatable bonds is 5. The van der Waals surface area contributed by atoms with Crippen molar-refractivity contribution >= 4 is 21.6 Å². The first-order chi connectivity index (χ1) is 10.3. The van der Waals surface area contributed by atoms with Gasteiger partial charge in [0, 0.05) is 18.8 Å². The minimum Gasteiger partial charge on any atom is -0.326 e. The summed E-state index contributed by atoms with van der Waals surface area (Å²) in [4.78, 5) is 12.2. The number of hydrogen-bond donors (Lipinski definition) is 1. The van der Waals surface area contributed by atoms with Gasteiger partial charge in [-0.2, -0.15) is 0 Å². The Morgan fingerprint density at radius 3 is 2.82 bits per heavy atom. The van der Waals surface area contributed by atoms with Gasteiger partial charge in [-0.25, -0.2) is 17.1 Å². The quantitative estimate of drug-likeness (QED) is 0.900. The number of anilines is 1. The van der Waals surface area contributed by atoms with E-state index in [9.17, 15) is 17.6 Å². The smallest absolute Gasteiger partial charge is 0.228 e. The minimum atomic E-state index is -3.26. The molecule has 122 valence electrons. The van der Waals surface area contributed by atoms with Gasteiger partial charge in [-0.1, -0.05) is 6.92 Å². The van der Waals surface area contributed by atoms with Crippen LogP contribution in [0.15, 0.2) is 18.2 Å². The van der Waals surface area contributed by atoms with Crippen molar-refractivity contribution < 1.29 is 17.6 Å². The zero-order chi connectivity index (χ0) is 16.3. The number of amides is 1. The van der Waals surface area contributed by atoms with Gasteiger partial charge in [-0.15, -0.1) is 0 Å². The highest BCUT2D eigenvalue weighted by molar-refractivity contribution is 7.89. The maximum absolute atomic E-state index is 13.2. The van der Waals surface area contributed by atoms with Crippen molar-refractivity contribution in [2.75, 3.05) is 24.2 Å². The number of aryl methyl sites for hydroxylation is 1. The molecule has 1 aliphatic heterocycles. The van der Waals surface area contributed by atoms with Crippen LogP contribution in [0.5, 0.6) is 0 Å². The van der Waals surface area contributed by atoms with Gasteiger partial charge in [-0.05, 0) is 43.5 Å². The van der Waals surface area contributed by atoms with Gasteiger partial charge in [-0.3, -0.25) is 4.79 Å². The van der Waals surface area contributed by atoms with E-state index in [1.54, 1.807) is 13.0 Å². The van der Waals surface area contributed by atoms with E-state index in [1.807, 2.05) is 6.92 Å². The first kappa shape index (κ1) is 16.9. The lowest BCUT2D eigenvalue weighted by molar-refractivity contribution is -0.119. The number of sulfonamides is 1. The second-order valence-corrected chi connectivity index (χ2v) is 7.70. The van der Waals surface area contributed by atoms with Gasteiger partial charge < -0.3 is 5.32 Å². The first-order valence-corrected chi connectivity index (χ1v) is 8.99. The van der Waals surface area contributed by atoms with Crippen molar-refractivity contribution in [2.24, 2.45) is 5.92 Å². The second-order valence-electron chi connectivity index (χ2n) is 5.61. The first-order valence-electron chi connectivity index (χ1n) is 7.38. The average molecular weight is 328 g/mol. The second kappa shape index (κ2) is 6.75. The molecule has 0 aliphatic carbocycles. The molecule has 0 spiro atoms. The fourth-order valence-electron chi connectivity index (χ4n) is 2.55. The number of nitrogens with one attached hydrogen (secondary N) is 1. The highest BCUT2D eigenvalue weighted by atomic mass is 32.2. The van der Waals surface area contributed by atoms with E-state index in [4.69, 9.17) is 0 Å². The van der Waals surface area contributed by atoms with Gasteiger partial charge in [0.05, 0.1) is 11.7 Å². The Morgan fingerprint density at radius 2 is 2.18 bits per heavy atom. The van der Waals surface area contributed by atoms with Crippen LogP contribution in [0, 0.1) is 18.7 Å². The normalized spacial score (nSPS) is 19.3. The number of nitrogens with zero attached hydrogens (tertiary/aromatic N) is 1. The van der Waals surface area contributed by atoms with Crippen LogP contribution in [0.4, 0.5) is 10.1 Å². The summed E-state index contributed by atoms with van der Waals surface area (Å²) < 4.78 is 38.6. The van der Waals surface area contributed by atoms with Crippen LogP contribution in [-0.4, -0.2) is 37.5 Å². The molecule has 1 amide bonds. The average Bonchev–Trinajstić information content (AvgIpc) is 2.93. The molecule has 1 atom stereocenters. The van der Waals surface area contributed by atoms with Crippen molar-refractivity contribution in [1.29, 1.82) is 0 Å². The summed E-state index contributed by atoms with van der Waals surface area (Å²) in [6, 6.07) is 4.37. The molecule has 0 bridgehead atoms. The molecular formula is C15H21FN2O3S. The number of hydrogen-bond acceptors (Lipinski definition) is 3. The van der Waals surface area contributed by atoms with Crippen LogP contribution in [0.1, 0.15) is 25.3 Å². The summed E-state index contributed by atoms with van der Waals surface area (Å²) in [5, 5.41) is 2.73. The monoisotopic (exact) mass is 328 g/mol. The molecule has 1 fully saturated rings. The van der Waals surface area contributed by atoms with Crippen LogP contribution in [0.2, 0.25) is 0 Å². The SMILES string of the molecule is CCCS(=O)(=O)N1CCC(C(=O)Nc2ccc(F)c(C)c2)C1. The maximum atomic E-state index is 13.2. The van der Waals surface area contributed by atoms with E-state index in [0.29, 0.717) is 30.6 Å². The van der Waals surface area contributed by atoms with E-state index in [2.05, 4.69) is 5.32 Å². The van der Waals surface area contributed by atoms with Gasteiger partial charge >= 0.3 is 0 Å². The molecule has 1 heterocycles. The molecule has 0 radical (unpaired) electrons. The Balaban J connectivity index is 1.98. The summed E-state index contributed by atoms with van der Waals surface area (Å²) in [6.45, 7) is 4.03. The largest absolute Gasteiger partial charge is 0.326 e. The van der Waals surface area contributed by atoms with Crippen LogP contribution < -0.4 is 5.32 Å². The molecule has 7 heteroatoms.